The van der Waals surface area contributed by atoms with E-state index in [1.807, 2.05) is 48.5 Å². The summed E-state index contributed by atoms with van der Waals surface area (Å²) in [7, 11) is 6.30. The summed E-state index contributed by atoms with van der Waals surface area (Å²) in [5, 5.41) is 0. The average molecular weight is 873 g/mol. The molecular weight excluding hydrogens is 837 g/mol. The Balaban J connectivity index is 0.921. The molecule has 0 unspecified atom stereocenters. The van der Waals surface area contributed by atoms with Gasteiger partial charge >= 0.3 is 0 Å². The maximum Gasteiger partial charge on any atom is 0.286 e. The van der Waals surface area contributed by atoms with E-state index in [0.717, 1.165) is 20.9 Å². The molecule has 14 nitrogen and oxygen atoms in total. The lowest BCUT2D eigenvalue weighted by Crippen LogP contribution is -2.29. The third kappa shape index (κ3) is 7.02. The largest absolute Gasteiger partial charge is 0.497 e. The zero-order valence-corrected chi connectivity index (χ0v) is 35.8. The van der Waals surface area contributed by atoms with Crippen molar-refractivity contribution in [3.63, 3.8) is 0 Å². The van der Waals surface area contributed by atoms with E-state index in [4.69, 9.17) is 38.9 Å². The Bertz CT molecular complexity index is 2840. The lowest BCUT2D eigenvalue weighted by Gasteiger charge is -2.15. The van der Waals surface area contributed by atoms with E-state index in [0.29, 0.717) is 79.4 Å². The lowest BCUT2D eigenvalue weighted by molar-refractivity contribution is 0.0907. The van der Waals surface area contributed by atoms with Gasteiger partial charge in [-0.1, -0.05) is 24.3 Å². The zero-order chi connectivity index (χ0) is 45.6. The Morgan fingerprint density at radius 2 is 0.470 bits per heavy atom. The van der Waals surface area contributed by atoms with E-state index in [-0.39, 0.29) is 22.8 Å². The first-order chi connectivity index (χ1) is 32.2. The molecule has 0 fully saturated rings. The van der Waals surface area contributed by atoms with E-state index in [2.05, 4.69) is 0 Å². The molecule has 0 N–H and O–H groups in total. The molecule has 10 rings (SSSR count). The number of benzene rings is 6. The molecule has 14 heteroatoms. The van der Waals surface area contributed by atoms with Gasteiger partial charge in [-0.3, -0.25) is 19.2 Å². The molecule has 322 valence electrons. The van der Waals surface area contributed by atoms with Crippen molar-refractivity contribution >= 4 is 35.0 Å². The first kappa shape index (κ1) is 41.0. The molecule has 0 bridgehead atoms. The molecule has 0 saturated carbocycles. The highest BCUT2D eigenvalue weighted by Crippen LogP contribution is 2.38. The van der Waals surface area contributed by atoms with Crippen LogP contribution in [-0.4, -0.2) is 72.0 Å². The van der Waals surface area contributed by atoms with Gasteiger partial charge in [-0.2, -0.15) is 0 Å². The van der Waals surface area contributed by atoms with Crippen molar-refractivity contribution < 1.29 is 38.1 Å². The van der Waals surface area contributed by atoms with Gasteiger partial charge in [0, 0.05) is 22.3 Å². The molecule has 2 aliphatic rings. The summed E-state index contributed by atoms with van der Waals surface area (Å²) < 4.78 is 21.4. The number of carbonyl (C=O) groups excluding carboxylic acids is 4. The zero-order valence-electron chi connectivity index (χ0n) is 35.8. The SMILES string of the molecule is COc1ccc(-c2nc3c(nc2-c2ccc(OC)cc2)C(=O)N(c2ccc(-c4ccc(N5C(=O)c6nc(-c7ccc(OC)cc7)c(-c7ccc(OC)cc7)nc6C5=O)cc4)cc2)C3=O)cc1. The second-order valence-electron chi connectivity index (χ2n) is 15.1. The number of rotatable bonds is 11. The van der Waals surface area contributed by atoms with Crippen molar-refractivity contribution in [1.82, 2.24) is 19.9 Å². The van der Waals surface area contributed by atoms with Gasteiger partial charge in [0.2, 0.25) is 0 Å². The van der Waals surface area contributed by atoms with E-state index in [1.165, 1.54) is 0 Å². The second-order valence-corrected chi connectivity index (χ2v) is 15.1. The fourth-order valence-corrected chi connectivity index (χ4v) is 7.95. The molecule has 2 aromatic heterocycles. The van der Waals surface area contributed by atoms with Crippen LogP contribution in [0.25, 0.3) is 56.2 Å². The fraction of sp³-hybridized carbons (Fsp3) is 0.0769. The quantitative estimate of drug-likeness (QED) is 0.113. The van der Waals surface area contributed by atoms with Crippen LogP contribution in [0, 0.1) is 0 Å². The highest BCUT2D eigenvalue weighted by Gasteiger charge is 2.42. The third-order valence-electron chi connectivity index (χ3n) is 11.5. The maximum absolute atomic E-state index is 14.0. The highest BCUT2D eigenvalue weighted by molar-refractivity contribution is 6.34. The Morgan fingerprint density at radius 3 is 0.667 bits per heavy atom. The van der Waals surface area contributed by atoms with Crippen LogP contribution < -0.4 is 28.7 Å². The first-order valence-electron chi connectivity index (χ1n) is 20.6. The summed E-state index contributed by atoms with van der Waals surface area (Å²) in [6, 6.07) is 42.6. The standard InChI is InChI=1S/C52H36N6O8/c1-63-37-21-9-31(10-22-37)41-42(32-11-23-38(64-2)24-12-32)54-46-45(53-41)49(59)57(50(46)60)35-17-5-29(6-18-35)30-7-19-36(20-8-30)58-51(61)47-48(52(58)62)56-44(34-15-27-40(66-4)28-16-34)43(55-47)33-13-25-39(65-3)26-14-33/h5-28H,1-4H3. The van der Waals surface area contributed by atoms with Crippen LogP contribution in [0.15, 0.2) is 146 Å². The minimum atomic E-state index is -0.604. The van der Waals surface area contributed by atoms with Gasteiger partial charge < -0.3 is 18.9 Å². The van der Waals surface area contributed by atoms with E-state index < -0.39 is 23.6 Å². The van der Waals surface area contributed by atoms with Gasteiger partial charge in [0.25, 0.3) is 23.6 Å². The van der Waals surface area contributed by atoms with Gasteiger partial charge in [0.15, 0.2) is 22.8 Å². The molecule has 0 aliphatic carbocycles. The maximum atomic E-state index is 14.0. The summed E-state index contributed by atoms with van der Waals surface area (Å²) in [5.41, 5.74) is 6.34. The number of hydrogen-bond acceptors (Lipinski definition) is 12. The van der Waals surface area contributed by atoms with Crippen molar-refractivity contribution in [3.8, 4) is 79.2 Å². The number of nitrogens with zero attached hydrogens (tertiary/aromatic N) is 6. The first-order valence-corrected chi connectivity index (χ1v) is 20.6. The van der Waals surface area contributed by atoms with E-state index in [1.54, 1.807) is 126 Å². The summed E-state index contributed by atoms with van der Waals surface area (Å²) in [4.78, 5) is 77.2. The number of amides is 4. The molecule has 0 spiro atoms. The Kier molecular flexibility index (Phi) is 10.3. The van der Waals surface area contributed by atoms with Crippen molar-refractivity contribution in [3.05, 3.63) is 168 Å². The Labute approximate surface area is 377 Å². The monoisotopic (exact) mass is 872 g/mol. The topological polar surface area (TPSA) is 163 Å². The highest BCUT2D eigenvalue weighted by atomic mass is 16.5. The number of carbonyl (C=O) groups is 4. The number of ether oxygens (including phenoxy) is 4. The van der Waals surface area contributed by atoms with E-state index >= 15 is 0 Å². The minimum Gasteiger partial charge on any atom is -0.497 e. The van der Waals surface area contributed by atoms with Crippen LogP contribution in [0.3, 0.4) is 0 Å². The molecule has 0 radical (unpaired) electrons. The van der Waals surface area contributed by atoms with Gasteiger partial charge in [-0.15, -0.1) is 0 Å². The molecule has 66 heavy (non-hydrogen) atoms. The number of fused-ring (bicyclic) bond motifs is 2. The van der Waals surface area contributed by atoms with Crippen LogP contribution in [0.2, 0.25) is 0 Å². The van der Waals surface area contributed by atoms with Crippen molar-refractivity contribution in [2.24, 2.45) is 0 Å². The van der Waals surface area contributed by atoms with Crippen LogP contribution in [0.1, 0.15) is 42.0 Å². The Hall–Kier alpha value is -9.04. The lowest BCUT2D eigenvalue weighted by atomic mass is 10.0. The van der Waals surface area contributed by atoms with Crippen molar-refractivity contribution in [1.29, 1.82) is 0 Å². The summed E-state index contributed by atoms with van der Waals surface area (Å²) >= 11 is 0. The fourth-order valence-electron chi connectivity index (χ4n) is 7.95. The van der Waals surface area contributed by atoms with Crippen LogP contribution >= 0.6 is 0 Å². The molecule has 0 saturated heterocycles. The number of hydrogen-bond donors (Lipinski definition) is 0. The molecule has 8 aromatic rings. The molecule has 4 amide bonds. The van der Waals surface area contributed by atoms with Crippen LogP contribution in [0.5, 0.6) is 23.0 Å². The summed E-state index contributed by atoms with van der Waals surface area (Å²) in [6.45, 7) is 0. The molecular formula is C52H36N6O8. The van der Waals surface area contributed by atoms with Crippen LogP contribution in [-0.2, 0) is 0 Å². The summed E-state index contributed by atoms with van der Waals surface area (Å²) in [5.74, 6) is 0.173. The average Bonchev–Trinajstić information content (AvgIpc) is 3.77. The van der Waals surface area contributed by atoms with Crippen molar-refractivity contribution in [2.75, 3.05) is 38.2 Å². The smallest absolute Gasteiger partial charge is 0.286 e. The second kappa shape index (κ2) is 16.6. The van der Waals surface area contributed by atoms with E-state index in [9.17, 15) is 19.2 Å². The van der Waals surface area contributed by atoms with Gasteiger partial charge in [0.05, 0.1) is 62.6 Å². The summed E-state index contributed by atoms with van der Waals surface area (Å²) in [6.07, 6.45) is 0. The molecule has 0 atom stereocenters. The van der Waals surface area contributed by atoms with Gasteiger partial charge in [-0.05, 0) is 132 Å². The number of aromatic nitrogens is 4. The van der Waals surface area contributed by atoms with Gasteiger partial charge in [-0.25, -0.2) is 29.7 Å². The third-order valence-corrected chi connectivity index (χ3v) is 11.5. The van der Waals surface area contributed by atoms with Gasteiger partial charge in [0.1, 0.15) is 23.0 Å². The molecule has 6 aromatic carbocycles. The number of anilines is 2. The van der Waals surface area contributed by atoms with Crippen molar-refractivity contribution in [2.45, 2.75) is 0 Å². The minimum absolute atomic E-state index is 0.0600. The molecule has 2 aliphatic heterocycles. The predicted octanol–water partition coefficient (Wildman–Crippen LogP) is 9.24. The normalized spacial score (nSPS) is 12.9. The predicted molar refractivity (Wildman–Crippen MR) is 246 cm³/mol. The Morgan fingerprint density at radius 1 is 0.273 bits per heavy atom. The molecule has 4 heterocycles. The number of imide groups is 2. The number of methoxy groups -OCH3 is 4. The van der Waals surface area contributed by atoms with Crippen LogP contribution in [0.4, 0.5) is 11.4 Å².